The summed E-state index contributed by atoms with van der Waals surface area (Å²) in [6.07, 6.45) is 2.58. The number of aliphatic imine (C=N–C) groups is 1. The number of rotatable bonds is 5. The third kappa shape index (κ3) is 5.79. The Morgan fingerprint density at radius 3 is 2.10 bits per heavy atom. The first-order valence-electron chi connectivity index (χ1n) is 10.3. The van der Waals surface area contributed by atoms with Crippen LogP contribution >= 0.6 is 0 Å². The summed E-state index contributed by atoms with van der Waals surface area (Å²) >= 11 is 0. The van der Waals surface area contributed by atoms with Gasteiger partial charge in [-0.15, -0.1) is 0 Å². The normalized spacial score (nSPS) is 18.1. The fraction of sp³-hybridized carbons (Fsp3) is 0.417. The van der Waals surface area contributed by atoms with E-state index < -0.39 is 17.2 Å². The molecule has 0 aromatic heterocycles. The van der Waals surface area contributed by atoms with Gasteiger partial charge in [-0.1, -0.05) is 24.3 Å². The number of ether oxygens (including phenoxy) is 1. The molecule has 7 nitrogen and oxygen atoms in total. The largest absolute Gasteiger partial charge is 0.446 e. The highest BCUT2D eigenvalue weighted by molar-refractivity contribution is 5.84. The fourth-order valence-electron chi connectivity index (χ4n) is 4.24. The highest BCUT2D eigenvalue weighted by atomic mass is 16.6. The number of hydrogen-bond donors (Lipinski definition) is 2. The van der Waals surface area contributed by atoms with Crippen LogP contribution in [-0.4, -0.2) is 39.6 Å². The Kier molecular flexibility index (Phi) is 6.60. The van der Waals surface area contributed by atoms with Gasteiger partial charge in [-0.05, 0) is 69.5 Å². The maximum Gasteiger partial charge on any atom is 0.411 e. The molecule has 1 fully saturated rings. The molecule has 0 unspecified atom stereocenters. The van der Waals surface area contributed by atoms with Crippen molar-refractivity contribution in [3.05, 3.63) is 59.7 Å². The summed E-state index contributed by atoms with van der Waals surface area (Å²) in [5.74, 6) is 0. The molecule has 1 aliphatic heterocycles. The molecule has 0 radical (unpaired) electrons. The predicted octanol–water partition coefficient (Wildman–Crippen LogP) is 5.20. The van der Waals surface area contributed by atoms with Crippen LogP contribution in [0.25, 0.3) is 0 Å². The van der Waals surface area contributed by atoms with Crippen LogP contribution in [0, 0.1) is 0 Å². The van der Waals surface area contributed by atoms with E-state index in [4.69, 9.17) is 4.74 Å². The average molecular weight is 424 g/mol. The van der Waals surface area contributed by atoms with Gasteiger partial charge in [-0.2, -0.15) is 10.1 Å². The van der Waals surface area contributed by atoms with Crippen molar-refractivity contribution in [2.24, 2.45) is 4.99 Å². The highest BCUT2D eigenvalue weighted by Crippen LogP contribution is 2.38. The van der Waals surface area contributed by atoms with Crippen LogP contribution in [0.2, 0.25) is 0 Å². The number of hydroxylamine groups is 2. The van der Waals surface area contributed by atoms with Crippen molar-refractivity contribution in [2.75, 3.05) is 5.32 Å². The minimum atomic E-state index is -0.498. The molecule has 0 aliphatic carbocycles. The molecule has 1 aliphatic rings. The molecule has 1 saturated heterocycles. The second-order valence-corrected chi connectivity index (χ2v) is 9.24. The fourth-order valence-corrected chi connectivity index (χ4v) is 4.24. The number of nitrogens with one attached hydrogen (secondary N) is 1. The Morgan fingerprint density at radius 2 is 1.58 bits per heavy atom. The second-order valence-electron chi connectivity index (χ2n) is 9.24. The smallest absolute Gasteiger partial charge is 0.411 e. The molecule has 2 aromatic carbocycles. The Bertz CT molecular complexity index is 943. The van der Waals surface area contributed by atoms with Crippen LogP contribution in [0.3, 0.4) is 0 Å². The SMILES string of the molecule is CC1(C)CC(OC(=O)Nc2ccc(Cc3ccc(N=C=O)cc3)cc2)CC(C)(C)N1O. The van der Waals surface area contributed by atoms with Crippen LogP contribution in [0.5, 0.6) is 0 Å². The molecule has 7 heteroatoms. The van der Waals surface area contributed by atoms with Crippen LogP contribution < -0.4 is 5.32 Å². The number of benzene rings is 2. The lowest BCUT2D eigenvalue weighted by Crippen LogP contribution is -2.60. The first-order chi connectivity index (χ1) is 14.6. The molecule has 3 rings (SSSR count). The third-order valence-corrected chi connectivity index (χ3v) is 5.59. The monoisotopic (exact) mass is 423 g/mol. The Labute approximate surface area is 182 Å². The van der Waals surface area contributed by atoms with Crippen molar-refractivity contribution in [1.82, 2.24) is 5.06 Å². The first kappa shape index (κ1) is 22.7. The van der Waals surface area contributed by atoms with E-state index in [9.17, 15) is 14.8 Å². The van der Waals surface area contributed by atoms with Gasteiger partial charge in [0.25, 0.3) is 0 Å². The molecule has 164 valence electrons. The molecular formula is C24H29N3O4. The lowest BCUT2D eigenvalue weighted by molar-refractivity contribution is -0.256. The van der Waals surface area contributed by atoms with E-state index in [0.29, 0.717) is 24.2 Å². The second kappa shape index (κ2) is 9.02. The van der Waals surface area contributed by atoms with E-state index in [-0.39, 0.29) is 6.10 Å². The van der Waals surface area contributed by atoms with E-state index >= 15 is 0 Å². The van der Waals surface area contributed by atoms with E-state index in [1.54, 1.807) is 12.1 Å². The van der Waals surface area contributed by atoms with E-state index in [1.807, 2.05) is 64.1 Å². The highest BCUT2D eigenvalue weighted by Gasteiger charge is 2.46. The number of nitrogens with zero attached hydrogens (tertiary/aromatic N) is 2. The van der Waals surface area contributed by atoms with Crippen LogP contribution in [-0.2, 0) is 16.0 Å². The Balaban J connectivity index is 1.56. The molecule has 0 bridgehead atoms. The summed E-state index contributed by atoms with van der Waals surface area (Å²) in [6, 6.07) is 15.0. The van der Waals surface area contributed by atoms with Gasteiger partial charge in [0.15, 0.2) is 0 Å². The van der Waals surface area contributed by atoms with Crippen LogP contribution in [0.1, 0.15) is 51.7 Å². The predicted molar refractivity (Wildman–Crippen MR) is 118 cm³/mol. The Morgan fingerprint density at radius 1 is 1.06 bits per heavy atom. The van der Waals surface area contributed by atoms with Crippen molar-refractivity contribution in [2.45, 2.75) is 64.1 Å². The standard InChI is InChI=1S/C24H29N3O4/c1-23(2)14-21(15-24(3,4)27(23)30)31-22(29)26-20-11-7-18(8-12-20)13-17-5-9-19(10-6-17)25-16-28/h5-12,21,30H,13-15H2,1-4H3,(H,26,29). The lowest BCUT2D eigenvalue weighted by atomic mass is 9.80. The number of amides is 1. The summed E-state index contributed by atoms with van der Waals surface area (Å²) < 4.78 is 5.65. The van der Waals surface area contributed by atoms with Gasteiger partial charge in [0, 0.05) is 29.6 Å². The third-order valence-electron chi connectivity index (χ3n) is 5.59. The van der Waals surface area contributed by atoms with Gasteiger partial charge in [0.2, 0.25) is 6.08 Å². The van der Waals surface area contributed by atoms with Crippen molar-refractivity contribution >= 4 is 23.5 Å². The van der Waals surface area contributed by atoms with Crippen molar-refractivity contribution in [1.29, 1.82) is 0 Å². The van der Waals surface area contributed by atoms with Gasteiger partial charge < -0.3 is 9.94 Å². The topological polar surface area (TPSA) is 91.2 Å². The van der Waals surface area contributed by atoms with Gasteiger partial charge in [-0.25, -0.2) is 9.59 Å². The van der Waals surface area contributed by atoms with E-state index in [1.165, 1.54) is 11.1 Å². The van der Waals surface area contributed by atoms with Crippen LogP contribution in [0.4, 0.5) is 16.2 Å². The zero-order chi connectivity index (χ0) is 22.6. The quantitative estimate of drug-likeness (QED) is 0.509. The van der Waals surface area contributed by atoms with Gasteiger partial charge in [0.1, 0.15) is 6.10 Å². The summed E-state index contributed by atoms with van der Waals surface area (Å²) in [5.41, 5.74) is 2.45. The maximum absolute atomic E-state index is 12.4. The summed E-state index contributed by atoms with van der Waals surface area (Å²) in [7, 11) is 0. The molecule has 0 atom stereocenters. The van der Waals surface area contributed by atoms with Gasteiger partial charge >= 0.3 is 6.09 Å². The number of hydrogen-bond acceptors (Lipinski definition) is 6. The number of carbonyl (C=O) groups is 1. The molecule has 2 aromatic rings. The number of piperidine rings is 1. The van der Waals surface area contributed by atoms with Gasteiger partial charge in [0.05, 0.1) is 5.69 Å². The summed E-state index contributed by atoms with van der Waals surface area (Å²) in [4.78, 5) is 26.3. The zero-order valence-corrected chi connectivity index (χ0v) is 18.4. The van der Waals surface area contributed by atoms with E-state index in [0.717, 1.165) is 17.5 Å². The zero-order valence-electron chi connectivity index (χ0n) is 18.4. The minimum absolute atomic E-state index is 0.279. The maximum atomic E-state index is 12.4. The lowest BCUT2D eigenvalue weighted by Gasteiger charge is -2.50. The number of anilines is 1. The van der Waals surface area contributed by atoms with E-state index in [2.05, 4.69) is 10.3 Å². The Hall–Kier alpha value is -2.99. The van der Waals surface area contributed by atoms with Crippen molar-refractivity contribution in [3.63, 3.8) is 0 Å². The molecule has 1 heterocycles. The van der Waals surface area contributed by atoms with Crippen molar-refractivity contribution < 1.29 is 19.5 Å². The summed E-state index contributed by atoms with van der Waals surface area (Å²) in [5, 5.41) is 14.5. The molecule has 2 N–H and O–H groups in total. The summed E-state index contributed by atoms with van der Waals surface area (Å²) in [6.45, 7) is 7.74. The van der Waals surface area contributed by atoms with Gasteiger partial charge in [-0.3, -0.25) is 5.32 Å². The molecule has 0 spiro atoms. The van der Waals surface area contributed by atoms with Crippen LogP contribution in [0.15, 0.2) is 53.5 Å². The molecule has 0 saturated carbocycles. The molecular weight excluding hydrogens is 394 g/mol. The average Bonchev–Trinajstić information content (AvgIpc) is 2.69. The minimum Gasteiger partial charge on any atom is -0.446 e. The molecule has 31 heavy (non-hydrogen) atoms. The number of isocyanates is 1. The van der Waals surface area contributed by atoms with Crippen molar-refractivity contribution in [3.8, 4) is 0 Å². The first-order valence-corrected chi connectivity index (χ1v) is 10.3. The number of carbonyl (C=O) groups excluding carboxylic acids is 2. The molecule has 1 amide bonds.